The summed E-state index contributed by atoms with van der Waals surface area (Å²) in [7, 11) is -3.49. The molecule has 0 unspecified atom stereocenters. The summed E-state index contributed by atoms with van der Waals surface area (Å²) in [6, 6.07) is 6.45. The first-order valence-corrected chi connectivity index (χ1v) is 7.09. The predicted molar refractivity (Wildman–Crippen MR) is 69.9 cm³/mol. The van der Waals surface area contributed by atoms with Crippen molar-refractivity contribution in [2.24, 2.45) is 0 Å². The molecule has 112 valence electrons. The molecule has 0 saturated carbocycles. The molecule has 0 bridgehead atoms. The van der Waals surface area contributed by atoms with E-state index in [4.69, 9.17) is 9.26 Å². The number of carbonyl (C=O) groups excluding carboxylic acids is 1. The van der Waals surface area contributed by atoms with Crippen LogP contribution in [0.5, 0.6) is 0 Å². The van der Waals surface area contributed by atoms with Gasteiger partial charge in [0, 0.05) is 13.2 Å². The van der Waals surface area contributed by atoms with Crippen molar-refractivity contribution in [2.45, 2.75) is 11.5 Å². The maximum absolute atomic E-state index is 13.1. The van der Waals surface area contributed by atoms with E-state index in [9.17, 15) is 17.1 Å². The van der Waals surface area contributed by atoms with Crippen LogP contribution in [0.25, 0.3) is 0 Å². The molecule has 0 radical (unpaired) electrons. The van der Waals surface area contributed by atoms with Gasteiger partial charge in [0.05, 0.1) is 5.69 Å². The molecule has 1 N–H and O–H groups in total. The van der Waals surface area contributed by atoms with Gasteiger partial charge in [-0.2, -0.15) is 8.42 Å². The third kappa shape index (κ3) is 3.64. The Kier molecular flexibility index (Phi) is 4.34. The number of hydrogen-bond acceptors (Lipinski definition) is 6. The lowest BCUT2D eigenvalue weighted by molar-refractivity contribution is 0.101. The predicted octanol–water partition coefficient (Wildman–Crippen LogP) is 1.73. The Labute approximate surface area is 119 Å². The van der Waals surface area contributed by atoms with Crippen molar-refractivity contribution in [2.75, 3.05) is 12.4 Å². The zero-order chi connectivity index (χ0) is 15.5. The average molecular weight is 314 g/mol. The van der Waals surface area contributed by atoms with Crippen LogP contribution in [0, 0.1) is 0 Å². The van der Waals surface area contributed by atoms with E-state index >= 15 is 0 Å². The number of nitrogens with zero attached hydrogens (tertiary/aromatic N) is 1. The number of anilines is 1. The largest absolute Gasteiger partial charge is 0.377 e. The maximum atomic E-state index is 13.1. The van der Waals surface area contributed by atoms with Gasteiger partial charge in [0.25, 0.3) is 5.91 Å². The molecule has 0 aliphatic carbocycles. The molecule has 0 fully saturated rings. The Morgan fingerprint density at radius 3 is 2.81 bits per heavy atom. The molecule has 0 atom stereocenters. The number of benzene rings is 1. The molecular weight excluding hydrogens is 303 g/mol. The van der Waals surface area contributed by atoms with Crippen LogP contribution < -0.4 is 5.32 Å². The van der Waals surface area contributed by atoms with E-state index in [1.807, 2.05) is 0 Å². The number of amides is 1. The zero-order valence-electron chi connectivity index (χ0n) is 10.9. The van der Waals surface area contributed by atoms with E-state index in [0.29, 0.717) is 5.76 Å². The summed E-state index contributed by atoms with van der Waals surface area (Å²) < 4.78 is 44.7. The van der Waals surface area contributed by atoms with Crippen molar-refractivity contribution in [3.63, 3.8) is 0 Å². The molecular formula is C12H11FN2O5S. The Balaban J connectivity index is 2.23. The topological polar surface area (TPSA) is 98.5 Å². The van der Waals surface area contributed by atoms with Crippen LogP contribution in [0.15, 0.2) is 39.8 Å². The molecule has 9 heteroatoms. The minimum atomic E-state index is -4.94. The number of hydrogen-bond donors (Lipinski definition) is 1. The Hall–Kier alpha value is -2.26. The summed E-state index contributed by atoms with van der Waals surface area (Å²) in [6.45, 7) is 0.135. The van der Waals surface area contributed by atoms with Gasteiger partial charge in [0.2, 0.25) is 0 Å². The maximum Gasteiger partial charge on any atom is 0.334 e. The second kappa shape index (κ2) is 6.02. The normalized spacial score (nSPS) is 11.3. The van der Waals surface area contributed by atoms with Gasteiger partial charge in [0.15, 0.2) is 11.5 Å². The second-order valence-corrected chi connectivity index (χ2v) is 5.32. The van der Waals surface area contributed by atoms with Gasteiger partial charge in [-0.1, -0.05) is 17.3 Å². The lowest BCUT2D eigenvalue weighted by Gasteiger charge is -2.06. The van der Waals surface area contributed by atoms with Crippen molar-refractivity contribution in [3.8, 4) is 0 Å². The van der Waals surface area contributed by atoms with E-state index in [-0.39, 0.29) is 18.0 Å². The Bertz CT molecular complexity index is 757. The Morgan fingerprint density at radius 2 is 2.14 bits per heavy atom. The number of methoxy groups -OCH3 is 1. The molecule has 0 aliphatic rings. The van der Waals surface area contributed by atoms with E-state index < -0.39 is 21.0 Å². The standard InChI is InChI=1S/C12H11FN2O5S/c1-19-7-8-6-10(15-20-8)12(16)14-9-4-2-3-5-11(9)21(13,17)18/h2-6H,7H2,1H3,(H,14,16). The highest BCUT2D eigenvalue weighted by molar-refractivity contribution is 7.86. The molecule has 0 spiro atoms. The molecule has 2 rings (SSSR count). The van der Waals surface area contributed by atoms with Crippen LogP contribution >= 0.6 is 0 Å². The van der Waals surface area contributed by atoms with Crippen LogP contribution in [-0.2, 0) is 21.6 Å². The number of ether oxygens (including phenoxy) is 1. The fourth-order valence-electron chi connectivity index (χ4n) is 1.60. The first kappa shape index (κ1) is 15.1. The third-order valence-corrected chi connectivity index (χ3v) is 3.36. The molecule has 7 nitrogen and oxygen atoms in total. The summed E-state index contributed by atoms with van der Waals surface area (Å²) in [5.74, 6) is -0.397. The number of aromatic nitrogens is 1. The summed E-state index contributed by atoms with van der Waals surface area (Å²) in [5.41, 5.74) is -0.255. The summed E-state index contributed by atoms with van der Waals surface area (Å²) in [4.78, 5) is 11.3. The van der Waals surface area contributed by atoms with Crippen LogP contribution in [0.2, 0.25) is 0 Å². The quantitative estimate of drug-likeness (QED) is 0.844. The fraction of sp³-hybridized carbons (Fsp3) is 0.167. The fourth-order valence-corrected chi connectivity index (χ4v) is 2.22. The second-order valence-electron chi connectivity index (χ2n) is 4.00. The number of rotatable bonds is 5. The number of nitrogens with one attached hydrogen (secondary N) is 1. The Morgan fingerprint density at radius 1 is 1.43 bits per heavy atom. The van der Waals surface area contributed by atoms with Crippen molar-refractivity contribution < 1.29 is 26.4 Å². The first-order chi connectivity index (χ1) is 9.91. The monoisotopic (exact) mass is 314 g/mol. The van der Waals surface area contributed by atoms with Crippen molar-refractivity contribution in [1.82, 2.24) is 5.16 Å². The SMILES string of the molecule is COCc1cc(C(=O)Nc2ccccc2S(=O)(=O)F)no1. The van der Waals surface area contributed by atoms with Crippen LogP contribution in [-0.4, -0.2) is 26.6 Å². The van der Waals surface area contributed by atoms with Gasteiger partial charge in [0.1, 0.15) is 11.5 Å². The van der Waals surface area contributed by atoms with Crippen molar-refractivity contribution in [1.29, 1.82) is 0 Å². The van der Waals surface area contributed by atoms with Crippen molar-refractivity contribution in [3.05, 3.63) is 41.8 Å². The molecule has 0 aliphatic heterocycles. The molecule has 0 saturated heterocycles. The van der Waals surface area contributed by atoms with Crippen LogP contribution in [0.4, 0.5) is 9.57 Å². The van der Waals surface area contributed by atoms with Gasteiger partial charge in [-0.25, -0.2) is 0 Å². The highest BCUT2D eigenvalue weighted by atomic mass is 32.3. The molecule has 1 amide bonds. The van der Waals surface area contributed by atoms with Gasteiger partial charge in [-0.15, -0.1) is 3.89 Å². The van der Waals surface area contributed by atoms with E-state index in [2.05, 4.69) is 10.5 Å². The highest BCUT2D eigenvalue weighted by Gasteiger charge is 2.20. The van der Waals surface area contributed by atoms with Crippen molar-refractivity contribution >= 4 is 21.8 Å². The van der Waals surface area contributed by atoms with Gasteiger partial charge in [-0.3, -0.25) is 4.79 Å². The van der Waals surface area contributed by atoms with E-state index in [1.165, 1.54) is 31.4 Å². The highest BCUT2D eigenvalue weighted by Crippen LogP contribution is 2.23. The lowest BCUT2D eigenvalue weighted by atomic mass is 10.3. The molecule has 21 heavy (non-hydrogen) atoms. The van der Waals surface area contributed by atoms with Gasteiger partial charge >= 0.3 is 10.2 Å². The number of para-hydroxylation sites is 1. The lowest BCUT2D eigenvalue weighted by Crippen LogP contribution is -2.14. The van der Waals surface area contributed by atoms with Gasteiger partial charge in [-0.05, 0) is 12.1 Å². The van der Waals surface area contributed by atoms with Crippen LogP contribution in [0.3, 0.4) is 0 Å². The first-order valence-electron chi connectivity index (χ1n) is 5.71. The number of halogens is 1. The molecule has 1 aromatic carbocycles. The minimum Gasteiger partial charge on any atom is -0.377 e. The molecule has 1 heterocycles. The zero-order valence-corrected chi connectivity index (χ0v) is 11.7. The summed E-state index contributed by atoms with van der Waals surface area (Å²) in [6.07, 6.45) is 0. The smallest absolute Gasteiger partial charge is 0.334 e. The van der Waals surface area contributed by atoms with Crippen LogP contribution in [0.1, 0.15) is 16.2 Å². The average Bonchev–Trinajstić information content (AvgIpc) is 2.87. The minimum absolute atomic E-state index is 0.0758. The van der Waals surface area contributed by atoms with E-state index in [1.54, 1.807) is 0 Å². The molecule has 2 aromatic rings. The summed E-state index contributed by atoms with van der Waals surface area (Å²) >= 11 is 0. The van der Waals surface area contributed by atoms with E-state index in [0.717, 1.165) is 6.07 Å². The summed E-state index contributed by atoms with van der Waals surface area (Å²) in [5, 5.41) is 5.78. The third-order valence-electron chi connectivity index (χ3n) is 2.48. The molecule has 1 aromatic heterocycles. The van der Waals surface area contributed by atoms with Gasteiger partial charge < -0.3 is 14.6 Å². The number of carbonyl (C=O) groups is 1.